The van der Waals surface area contributed by atoms with Gasteiger partial charge in [0.15, 0.2) is 0 Å². The van der Waals surface area contributed by atoms with Gasteiger partial charge in [-0.05, 0) is 43.3 Å². The van der Waals surface area contributed by atoms with Crippen LogP contribution in [0.15, 0.2) is 47.3 Å². The lowest BCUT2D eigenvalue weighted by molar-refractivity contribution is -0.265. The topological polar surface area (TPSA) is 145 Å². The number of thiazole rings is 1. The Kier molecular flexibility index (Phi) is 6.82. The Morgan fingerprint density at radius 3 is 2.54 bits per heavy atom. The molecule has 3 aromatic heterocycles. The maximum absolute atomic E-state index is 14.6. The summed E-state index contributed by atoms with van der Waals surface area (Å²) in [6, 6.07) is 6.92. The molecule has 0 spiro atoms. The molecule has 0 aliphatic carbocycles. The SMILES string of the molecule is Cn1nc(-c2cscn2)cc1C(=O)NCC(O)(c1cc2c(c(-c3ccc(F)cc3)n1)OCC2(C)C(N)=O)C(F)(F)F. The molecule has 5 rings (SSSR count). The predicted octanol–water partition coefficient (Wildman–Crippen LogP) is 3.06. The first-order valence-electron chi connectivity index (χ1n) is 12.0. The number of halogens is 4. The number of alkyl halides is 3. The van der Waals surface area contributed by atoms with Gasteiger partial charge in [-0.15, -0.1) is 11.3 Å². The van der Waals surface area contributed by atoms with Gasteiger partial charge < -0.3 is 20.9 Å². The van der Waals surface area contributed by atoms with Gasteiger partial charge in [-0.1, -0.05) is 0 Å². The largest absolute Gasteiger partial charge is 0.489 e. The van der Waals surface area contributed by atoms with Gasteiger partial charge >= 0.3 is 6.18 Å². The molecule has 10 nitrogen and oxygen atoms in total. The Hall–Kier alpha value is -4.37. The molecule has 2 unspecified atom stereocenters. The number of hydrogen-bond donors (Lipinski definition) is 3. The summed E-state index contributed by atoms with van der Waals surface area (Å²) in [6.07, 6.45) is -5.34. The van der Waals surface area contributed by atoms with E-state index in [1.54, 1.807) is 10.9 Å². The predicted molar refractivity (Wildman–Crippen MR) is 138 cm³/mol. The fourth-order valence-electron chi connectivity index (χ4n) is 4.38. The van der Waals surface area contributed by atoms with Crippen LogP contribution >= 0.6 is 11.3 Å². The van der Waals surface area contributed by atoms with Crippen LogP contribution in [0, 0.1) is 5.82 Å². The van der Waals surface area contributed by atoms with E-state index in [-0.39, 0.29) is 34.9 Å². The van der Waals surface area contributed by atoms with Gasteiger partial charge in [0.2, 0.25) is 11.5 Å². The van der Waals surface area contributed by atoms with Crippen LogP contribution in [0.25, 0.3) is 22.6 Å². The number of carbonyl (C=O) groups is 2. The van der Waals surface area contributed by atoms with Gasteiger partial charge in [-0.2, -0.15) is 18.3 Å². The van der Waals surface area contributed by atoms with Crippen LogP contribution in [0.4, 0.5) is 17.6 Å². The standard InChI is InChI=1S/C26H22F4N6O4S/c1-24(23(31)38)11-40-21-15(24)7-19(34-20(21)13-3-5-14(27)6-4-13)25(39,26(28,29)30)10-32-22(37)18-8-16(35-36(18)2)17-9-41-12-33-17/h3-9,12,39H,10-11H2,1-2H3,(H2,31,38)(H,32,37). The first kappa shape index (κ1) is 28.2. The minimum Gasteiger partial charge on any atom is -0.489 e. The number of amides is 2. The number of nitrogens with two attached hydrogens (primary N) is 1. The van der Waals surface area contributed by atoms with E-state index in [2.05, 4.69) is 20.4 Å². The van der Waals surface area contributed by atoms with E-state index >= 15 is 0 Å². The molecule has 0 fully saturated rings. The second kappa shape index (κ2) is 9.92. The third-order valence-corrected chi connectivity index (χ3v) is 7.53. The number of rotatable bonds is 7. The number of nitrogens with zero attached hydrogens (tertiary/aromatic N) is 4. The smallest absolute Gasteiger partial charge is 0.424 e. The van der Waals surface area contributed by atoms with E-state index in [1.807, 2.05) is 0 Å². The molecule has 4 aromatic rings. The van der Waals surface area contributed by atoms with Gasteiger partial charge in [0.1, 0.15) is 46.4 Å². The molecule has 214 valence electrons. The maximum atomic E-state index is 14.6. The minimum atomic E-state index is -5.34. The highest BCUT2D eigenvalue weighted by molar-refractivity contribution is 7.07. The van der Waals surface area contributed by atoms with Crippen molar-refractivity contribution in [3.8, 4) is 28.4 Å². The van der Waals surface area contributed by atoms with Crippen molar-refractivity contribution in [3.63, 3.8) is 0 Å². The molecule has 1 aromatic carbocycles. The van der Waals surface area contributed by atoms with Crippen molar-refractivity contribution in [3.05, 3.63) is 70.1 Å². The molecule has 4 N–H and O–H groups in total. The average molecular weight is 591 g/mol. The van der Waals surface area contributed by atoms with Gasteiger partial charge in [0, 0.05) is 23.6 Å². The lowest BCUT2D eigenvalue weighted by Crippen LogP contribution is -2.52. The Morgan fingerprint density at radius 1 is 1.22 bits per heavy atom. The number of hydrogen-bond acceptors (Lipinski definition) is 8. The molecule has 0 bridgehead atoms. The quantitative estimate of drug-likeness (QED) is 0.281. The molecule has 15 heteroatoms. The third kappa shape index (κ3) is 4.80. The zero-order chi connectivity index (χ0) is 29.7. The summed E-state index contributed by atoms with van der Waals surface area (Å²) in [5.74, 6) is -2.46. The van der Waals surface area contributed by atoms with Crippen molar-refractivity contribution in [2.45, 2.75) is 24.1 Å². The lowest BCUT2D eigenvalue weighted by Gasteiger charge is -2.31. The van der Waals surface area contributed by atoms with Crippen molar-refractivity contribution in [1.29, 1.82) is 0 Å². The number of aryl methyl sites for hydroxylation is 1. The van der Waals surface area contributed by atoms with E-state index < -0.39 is 47.1 Å². The first-order chi connectivity index (χ1) is 19.2. The zero-order valence-corrected chi connectivity index (χ0v) is 22.3. The van der Waals surface area contributed by atoms with Gasteiger partial charge in [-0.3, -0.25) is 14.3 Å². The number of ether oxygens (including phenoxy) is 1. The van der Waals surface area contributed by atoms with Crippen molar-refractivity contribution < 1.29 is 37.0 Å². The zero-order valence-electron chi connectivity index (χ0n) is 21.5. The van der Waals surface area contributed by atoms with Gasteiger partial charge in [-0.25, -0.2) is 14.4 Å². The first-order valence-corrected chi connectivity index (χ1v) is 12.9. The molecule has 0 saturated carbocycles. The molecular weight excluding hydrogens is 568 g/mol. The summed E-state index contributed by atoms with van der Waals surface area (Å²) in [5.41, 5.74) is 1.62. The van der Waals surface area contributed by atoms with E-state index in [0.717, 1.165) is 18.2 Å². The highest BCUT2D eigenvalue weighted by Crippen LogP contribution is 2.47. The monoisotopic (exact) mass is 590 g/mol. The molecule has 4 heterocycles. The molecular formula is C26H22F4N6O4S. The van der Waals surface area contributed by atoms with Crippen LogP contribution in [0.1, 0.15) is 28.7 Å². The molecule has 2 atom stereocenters. The van der Waals surface area contributed by atoms with Gasteiger partial charge in [0.05, 0.1) is 17.7 Å². The third-order valence-electron chi connectivity index (χ3n) is 6.94. The molecule has 1 aliphatic rings. The summed E-state index contributed by atoms with van der Waals surface area (Å²) in [7, 11) is 1.43. The van der Waals surface area contributed by atoms with Crippen LogP contribution in [-0.2, 0) is 22.9 Å². The van der Waals surface area contributed by atoms with Crippen LogP contribution in [0.3, 0.4) is 0 Å². The number of pyridine rings is 1. The Balaban J connectivity index is 1.57. The number of aliphatic hydroxyl groups is 1. The van der Waals surface area contributed by atoms with Crippen molar-refractivity contribution in [1.82, 2.24) is 25.1 Å². The molecule has 0 radical (unpaired) electrons. The summed E-state index contributed by atoms with van der Waals surface area (Å²) >= 11 is 1.30. The molecule has 2 amide bonds. The Labute approximate surface area is 233 Å². The van der Waals surface area contributed by atoms with E-state index in [9.17, 15) is 32.3 Å². The number of nitrogens with one attached hydrogen (secondary N) is 1. The van der Waals surface area contributed by atoms with Crippen molar-refractivity contribution in [2.24, 2.45) is 12.8 Å². The summed E-state index contributed by atoms with van der Waals surface area (Å²) in [4.78, 5) is 33.5. The summed E-state index contributed by atoms with van der Waals surface area (Å²) in [5, 5.41) is 19.1. The van der Waals surface area contributed by atoms with E-state index in [4.69, 9.17) is 10.5 Å². The normalized spacial score (nSPS) is 17.9. The maximum Gasteiger partial charge on any atom is 0.424 e. The number of aromatic nitrogens is 4. The number of primary amides is 1. The fraction of sp³-hybridized carbons (Fsp3) is 0.269. The summed E-state index contributed by atoms with van der Waals surface area (Å²) in [6.45, 7) is -0.245. The second-order valence-corrected chi connectivity index (χ2v) is 10.4. The number of fused-ring (bicyclic) bond motifs is 1. The van der Waals surface area contributed by atoms with E-state index in [0.29, 0.717) is 11.4 Å². The molecule has 41 heavy (non-hydrogen) atoms. The van der Waals surface area contributed by atoms with Crippen molar-refractivity contribution in [2.75, 3.05) is 13.2 Å². The fourth-order valence-corrected chi connectivity index (χ4v) is 4.93. The Bertz CT molecular complexity index is 1640. The number of carbonyl (C=O) groups excluding carboxylic acids is 2. The van der Waals surface area contributed by atoms with Crippen LogP contribution in [-0.4, -0.2) is 56.0 Å². The van der Waals surface area contributed by atoms with Crippen LogP contribution in [0.5, 0.6) is 5.75 Å². The average Bonchev–Trinajstić information content (AvgIpc) is 3.66. The minimum absolute atomic E-state index is 0.0281. The lowest BCUT2D eigenvalue weighted by atomic mass is 9.81. The molecule has 0 saturated heterocycles. The Morgan fingerprint density at radius 2 is 1.93 bits per heavy atom. The highest BCUT2D eigenvalue weighted by Gasteiger charge is 2.57. The second-order valence-electron chi connectivity index (χ2n) is 9.68. The van der Waals surface area contributed by atoms with E-state index in [1.165, 1.54) is 48.2 Å². The van der Waals surface area contributed by atoms with Gasteiger partial charge in [0.25, 0.3) is 5.91 Å². The molecule has 1 aliphatic heterocycles. The van der Waals surface area contributed by atoms with Crippen LogP contribution < -0.4 is 15.8 Å². The van der Waals surface area contributed by atoms with Crippen molar-refractivity contribution >= 4 is 23.2 Å². The number of benzene rings is 1. The highest BCUT2D eigenvalue weighted by atomic mass is 32.1. The van der Waals surface area contributed by atoms with Crippen LogP contribution in [0.2, 0.25) is 0 Å². The summed E-state index contributed by atoms with van der Waals surface area (Å²) < 4.78 is 64.1.